The van der Waals surface area contributed by atoms with Gasteiger partial charge in [-0.1, -0.05) is 6.07 Å². The smallest absolute Gasteiger partial charge is 0.356 e. The lowest BCUT2D eigenvalue weighted by atomic mass is 10.1. The van der Waals surface area contributed by atoms with Crippen molar-refractivity contribution in [1.82, 2.24) is 4.98 Å². The van der Waals surface area contributed by atoms with E-state index in [1.807, 2.05) is 19.9 Å². The summed E-state index contributed by atoms with van der Waals surface area (Å²) in [5, 5.41) is 9.02. The zero-order chi connectivity index (χ0) is 15.8. The average molecular weight is 326 g/mol. The molecule has 21 heavy (non-hydrogen) atoms. The molecule has 2 aromatic rings. The molecule has 6 nitrogen and oxygen atoms in total. The highest BCUT2D eigenvalue weighted by atomic mass is 32.2. The first kappa shape index (κ1) is 15.5. The molecule has 1 N–H and O–H groups in total. The Morgan fingerprint density at radius 3 is 2.33 bits per heavy atom. The fourth-order valence-electron chi connectivity index (χ4n) is 1.96. The molecule has 112 valence electrons. The highest BCUT2D eigenvalue weighted by Crippen LogP contribution is 2.28. The largest absolute Gasteiger partial charge is 0.476 e. The van der Waals surface area contributed by atoms with Gasteiger partial charge in [0.05, 0.1) is 11.2 Å². The molecule has 0 radical (unpaired) electrons. The van der Waals surface area contributed by atoms with Crippen molar-refractivity contribution in [3.8, 4) is 0 Å². The zero-order valence-electron chi connectivity index (χ0n) is 11.7. The van der Waals surface area contributed by atoms with Crippen LogP contribution in [0.15, 0.2) is 27.9 Å². The first-order valence-electron chi connectivity index (χ1n) is 5.97. The number of nitrogens with zero attached hydrogens (tertiary/aromatic N) is 2. The Morgan fingerprint density at radius 2 is 1.81 bits per heavy atom. The number of thiazole rings is 1. The summed E-state index contributed by atoms with van der Waals surface area (Å²) in [7, 11) is -2.55. The van der Waals surface area contributed by atoms with Crippen molar-refractivity contribution in [3.05, 3.63) is 40.5 Å². The van der Waals surface area contributed by atoms with Crippen LogP contribution in [0.4, 0.5) is 5.69 Å². The molecule has 0 fully saturated rings. The molecule has 0 saturated heterocycles. The number of benzene rings is 1. The van der Waals surface area contributed by atoms with Crippen molar-refractivity contribution < 1.29 is 18.3 Å². The lowest BCUT2D eigenvalue weighted by Gasteiger charge is -2.19. The Hall–Kier alpha value is -1.93. The van der Waals surface area contributed by atoms with Crippen LogP contribution in [-0.2, 0) is 10.0 Å². The van der Waals surface area contributed by atoms with Gasteiger partial charge in [-0.15, -0.1) is 11.3 Å². The summed E-state index contributed by atoms with van der Waals surface area (Å²) in [5.41, 5.74) is 3.10. The van der Waals surface area contributed by atoms with Gasteiger partial charge in [-0.05, 0) is 37.1 Å². The quantitative estimate of drug-likeness (QED) is 0.931. The second-order valence-electron chi connectivity index (χ2n) is 4.61. The number of rotatable bonds is 4. The lowest BCUT2D eigenvalue weighted by Crippen LogP contribution is -2.27. The Morgan fingerprint density at radius 1 is 1.24 bits per heavy atom. The van der Waals surface area contributed by atoms with Crippen LogP contribution in [-0.4, -0.2) is 31.5 Å². The molecule has 1 aromatic carbocycles. The average Bonchev–Trinajstić information content (AvgIpc) is 2.86. The summed E-state index contributed by atoms with van der Waals surface area (Å²) in [5.74, 6) is -1.36. The number of aromatic nitrogens is 1. The van der Waals surface area contributed by atoms with Crippen molar-refractivity contribution in [3.63, 3.8) is 0 Å². The van der Waals surface area contributed by atoms with Crippen molar-refractivity contribution >= 4 is 33.0 Å². The third kappa shape index (κ3) is 2.91. The molecule has 0 aliphatic heterocycles. The first-order chi connectivity index (χ1) is 9.73. The van der Waals surface area contributed by atoms with Crippen LogP contribution in [0.3, 0.4) is 0 Å². The standard InChI is InChI=1S/C13H14N2O4S2/c1-8-4-9(2)6-10(5-8)15(3)21(18,19)13-11(12(16)17)14-7-20-13/h4-7H,1-3H3,(H,16,17). The number of carboxylic acid groups (broad SMARTS) is 1. The molecule has 0 amide bonds. The second-order valence-corrected chi connectivity index (χ2v) is 7.63. The topological polar surface area (TPSA) is 87.6 Å². The van der Waals surface area contributed by atoms with Gasteiger partial charge < -0.3 is 5.11 Å². The van der Waals surface area contributed by atoms with Crippen molar-refractivity contribution in [2.24, 2.45) is 0 Å². The van der Waals surface area contributed by atoms with Gasteiger partial charge >= 0.3 is 5.97 Å². The summed E-state index contributed by atoms with van der Waals surface area (Å²) in [6.45, 7) is 3.73. The second kappa shape index (κ2) is 5.45. The third-order valence-corrected chi connectivity index (χ3v) is 6.03. The van der Waals surface area contributed by atoms with Gasteiger partial charge in [-0.3, -0.25) is 4.31 Å². The number of aromatic carboxylic acids is 1. The number of carboxylic acids is 1. The van der Waals surface area contributed by atoms with Gasteiger partial charge in [0.15, 0.2) is 9.90 Å². The summed E-state index contributed by atoms with van der Waals surface area (Å²) >= 11 is 0.795. The minimum Gasteiger partial charge on any atom is -0.476 e. The fraction of sp³-hybridized carbons (Fsp3) is 0.231. The lowest BCUT2D eigenvalue weighted by molar-refractivity contribution is 0.0687. The summed E-state index contributed by atoms with van der Waals surface area (Å²) in [4.78, 5) is 14.7. The molecule has 1 aromatic heterocycles. The van der Waals surface area contributed by atoms with Gasteiger partial charge in [-0.2, -0.15) is 0 Å². The SMILES string of the molecule is Cc1cc(C)cc(N(C)S(=O)(=O)c2scnc2C(=O)O)c1. The molecule has 2 rings (SSSR count). The van der Waals surface area contributed by atoms with E-state index in [2.05, 4.69) is 4.98 Å². The molecule has 8 heteroatoms. The summed E-state index contributed by atoms with van der Waals surface area (Å²) < 4.78 is 26.0. The minimum atomic E-state index is -3.95. The number of anilines is 1. The Kier molecular flexibility index (Phi) is 4.02. The molecule has 0 bridgehead atoms. The van der Waals surface area contributed by atoms with Gasteiger partial charge in [0.1, 0.15) is 0 Å². The van der Waals surface area contributed by atoms with E-state index in [-0.39, 0.29) is 4.21 Å². The molecule has 0 spiro atoms. The Balaban J connectivity index is 2.52. The van der Waals surface area contributed by atoms with Crippen LogP contribution >= 0.6 is 11.3 Å². The predicted molar refractivity (Wildman–Crippen MR) is 80.6 cm³/mol. The fourth-order valence-corrected chi connectivity index (χ4v) is 4.43. The van der Waals surface area contributed by atoms with E-state index < -0.39 is 21.7 Å². The normalized spacial score (nSPS) is 11.4. The van der Waals surface area contributed by atoms with Gasteiger partial charge in [0.2, 0.25) is 0 Å². The van der Waals surface area contributed by atoms with Gasteiger partial charge in [0, 0.05) is 7.05 Å². The number of aryl methyl sites for hydroxylation is 2. The molecule has 0 atom stereocenters. The van der Waals surface area contributed by atoms with Gasteiger partial charge in [0.25, 0.3) is 10.0 Å². The Labute approximate surface area is 126 Å². The molecule has 0 saturated carbocycles. The van der Waals surface area contributed by atoms with Crippen LogP contribution in [0, 0.1) is 13.8 Å². The zero-order valence-corrected chi connectivity index (χ0v) is 13.3. The van der Waals surface area contributed by atoms with Crippen molar-refractivity contribution in [2.45, 2.75) is 18.1 Å². The van der Waals surface area contributed by atoms with Gasteiger partial charge in [-0.25, -0.2) is 18.2 Å². The van der Waals surface area contributed by atoms with E-state index in [0.29, 0.717) is 5.69 Å². The predicted octanol–water partition coefficient (Wildman–Crippen LogP) is 2.28. The number of carbonyl (C=O) groups is 1. The Bertz CT molecular complexity index is 776. The molecule has 0 aliphatic rings. The van der Waals surface area contributed by atoms with E-state index >= 15 is 0 Å². The van der Waals surface area contributed by atoms with Crippen LogP contribution in [0.25, 0.3) is 0 Å². The van der Waals surface area contributed by atoms with Crippen molar-refractivity contribution in [1.29, 1.82) is 0 Å². The minimum absolute atomic E-state index is 0.267. The highest BCUT2D eigenvalue weighted by molar-refractivity contribution is 7.94. The van der Waals surface area contributed by atoms with Crippen LogP contribution in [0.1, 0.15) is 21.6 Å². The van der Waals surface area contributed by atoms with Crippen LogP contribution in [0.5, 0.6) is 0 Å². The maximum atomic E-state index is 12.6. The maximum absolute atomic E-state index is 12.6. The number of hydrogen-bond acceptors (Lipinski definition) is 5. The maximum Gasteiger partial charge on any atom is 0.356 e. The first-order valence-corrected chi connectivity index (χ1v) is 8.29. The molecular formula is C13H14N2O4S2. The molecule has 0 unspecified atom stereocenters. The molecular weight excluding hydrogens is 312 g/mol. The van der Waals surface area contributed by atoms with Crippen molar-refractivity contribution in [2.75, 3.05) is 11.4 Å². The molecule has 1 heterocycles. The summed E-state index contributed by atoms with van der Waals surface area (Å²) in [6, 6.07) is 5.39. The number of hydrogen-bond donors (Lipinski definition) is 1. The highest BCUT2D eigenvalue weighted by Gasteiger charge is 2.30. The van der Waals surface area contributed by atoms with Crippen LogP contribution < -0.4 is 4.31 Å². The summed E-state index contributed by atoms with van der Waals surface area (Å²) in [6.07, 6.45) is 0. The van der Waals surface area contributed by atoms with E-state index in [1.54, 1.807) is 12.1 Å². The van der Waals surface area contributed by atoms with E-state index in [9.17, 15) is 13.2 Å². The van der Waals surface area contributed by atoms with Crippen LogP contribution in [0.2, 0.25) is 0 Å². The molecule has 0 aliphatic carbocycles. The monoisotopic (exact) mass is 326 g/mol. The third-order valence-electron chi connectivity index (χ3n) is 2.90. The number of sulfonamides is 1. The van der Waals surface area contributed by atoms with E-state index in [4.69, 9.17) is 5.11 Å². The van der Waals surface area contributed by atoms with E-state index in [0.717, 1.165) is 26.8 Å². The van der Waals surface area contributed by atoms with E-state index in [1.165, 1.54) is 12.6 Å².